The van der Waals surface area contributed by atoms with E-state index < -0.39 is 6.10 Å². The van der Waals surface area contributed by atoms with Crippen molar-refractivity contribution in [2.75, 3.05) is 26.3 Å². The normalized spacial score (nSPS) is 37.4. The molecule has 2 aliphatic rings. The SMILES string of the molecule is O=C(N[C@@H]1COC[C@H]1O)[C@H]1CCNC1. The number of hydrogen-bond acceptors (Lipinski definition) is 4. The van der Waals surface area contributed by atoms with E-state index in [1.807, 2.05) is 0 Å². The molecule has 0 unspecified atom stereocenters. The third kappa shape index (κ3) is 2.05. The third-order valence-corrected chi connectivity index (χ3v) is 2.81. The molecule has 2 fully saturated rings. The van der Waals surface area contributed by atoms with Gasteiger partial charge in [0.15, 0.2) is 0 Å². The molecule has 2 heterocycles. The number of aliphatic hydroxyl groups is 1. The Kier molecular flexibility index (Phi) is 3.00. The molecule has 5 heteroatoms. The number of amides is 1. The van der Waals surface area contributed by atoms with Crippen LogP contribution < -0.4 is 10.6 Å². The van der Waals surface area contributed by atoms with Gasteiger partial charge in [0.2, 0.25) is 5.91 Å². The summed E-state index contributed by atoms with van der Waals surface area (Å²) in [7, 11) is 0. The molecular formula is C9H16N2O3. The summed E-state index contributed by atoms with van der Waals surface area (Å²) >= 11 is 0. The highest BCUT2D eigenvalue weighted by Crippen LogP contribution is 2.10. The first kappa shape index (κ1) is 9.89. The second-order valence-corrected chi connectivity index (χ2v) is 3.91. The Labute approximate surface area is 82.8 Å². The second-order valence-electron chi connectivity index (χ2n) is 3.91. The van der Waals surface area contributed by atoms with E-state index >= 15 is 0 Å². The number of hydrogen-bond donors (Lipinski definition) is 3. The van der Waals surface area contributed by atoms with Crippen molar-refractivity contribution in [3.05, 3.63) is 0 Å². The van der Waals surface area contributed by atoms with Gasteiger partial charge in [0, 0.05) is 6.54 Å². The first-order valence-electron chi connectivity index (χ1n) is 5.04. The van der Waals surface area contributed by atoms with E-state index in [-0.39, 0.29) is 17.9 Å². The van der Waals surface area contributed by atoms with Crippen molar-refractivity contribution >= 4 is 5.91 Å². The molecule has 2 saturated heterocycles. The molecule has 5 nitrogen and oxygen atoms in total. The van der Waals surface area contributed by atoms with E-state index in [0.29, 0.717) is 13.2 Å². The Morgan fingerprint density at radius 3 is 2.93 bits per heavy atom. The quantitative estimate of drug-likeness (QED) is 0.506. The van der Waals surface area contributed by atoms with Crippen molar-refractivity contribution in [3.8, 4) is 0 Å². The van der Waals surface area contributed by atoms with Gasteiger partial charge in [0.05, 0.1) is 31.3 Å². The molecule has 14 heavy (non-hydrogen) atoms. The van der Waals surface area contributed by atoms with Gasteiger partial charge in [-0.3, -0.25) is 4.79 Å². The molecule has 2 aliphatic heterocycles. The Balaban J connectivity index is 1.81. The van der Waals surface area contributed by atoms with Crippen LogP contribution in [0.25, 0.3) is 0 Å². The lowest BCUT2D eigenvalue weighted by atomic mass is 10.1. The Morgan fingerprint density at radius 1 is 1.50 bits per heavy atom. The zero-order valence-corrected chi connectivity index (χ0v) is 8.03. The van der Waals surface area contributed by atoms with Gasteiger partial charge in [-0.05, 0) is 13.0 Å². The molecule has 0 radical (unpaired) electrons. The maximum atomic E-state index is 11.6. The summed E-state index contributed by atoms with van der Waals surface area (Å²) in [5.74, 6) is 0.0901. The van der Waals surface area contributed by atoms with E-state index in [2.05, 4.69) is 10.6 Å². The maximum absolute atomic E-state index is 11.6. The van der Waals surface area contributed by atoms with E-state index in [0.717, 1.165) is 19.5 Å². The van der Waals surface area contributed by atoms with Crippen LogP contribution >= 0.6 is 0 Å². The van der Waals surface area contributed by atoms with Gasteiger partial charge in [-0.1, -0.05) is 0 Å². The molecule has 0 bridgehead atoms. The summed E-state index contributed by atoms with van der Waals surface area (Å²) in [6.45, 7) is 2.40. The molecule has 0 spiro atoms. The van der Waals surface area contributed by atoms with Crippen molar-refractivity contribution < 1.29 is 14.6 Å². The molecule has 0 aromatic heterocycles. The van der Waals surface area contributed by atoms with Gasteiger partial charge in [0.25, 0.3) is 0 Å². The molecule has 80 valence electrons. The van der Waals surface area contributed by atoms with Crippen molar-refractivity contribution in [3.63, 3.8) is 0 Å². The van der Waals surface area contributed by atoms with Crippen LogP contribution in [0.3, 0.4) is 0 Å². The lowest BCUT2D eigenvalue weighted by Gasteiger charge is -2.17. The number of ether oxygens (including phenoxy) is 1. The number of rotatable bonds is 2. The van der Waals surface area contributed by atoms with Crippen LogP contribution in [0.1, 0.15) is 6.42 Å². The molecule has 3 N–H and O–H groups in total. The van der Waals surface area contributed by atoms with Gasteiger partial charge >= 0.3 is 0 Å². The predicted octanol–water partition coefficient (Wildman–Crippen LogP) is -1.53. The maximum Gasteiger partial charge on any atom is 0.224 e. The van der Waals surface area contributed by atoms with E-state index in [4.69, 9.17) is 4.74 Å². The Hall–Kier alpha value is -0.650. The third-order valence-electron chi connectivity index (χ3n) is 2.81. The number of aliphatic hydroxyl groups excluding tert-OH is 1. The van der Waals surface area contributed by atoms with Gasteiger partial charge < -0.3 is 20.5 Å². The molecule has 0 saturated carbocycles. The second kappa shape index (κ2) is 4.25. The first-order valence-corrected chi connectivity index (χ1v) is 5.04. The highest BCUT2D eigenvalue weighted by Gasteiger charge is 2.30. The fourth-order valence-corrected chi connectivity index (χ4v) is 1.86. The van der Waals surface area contributed by atoms with Crippen LogP contribution in [0.5, 0.6) is 0 Å². The predicted molar refractivity (Wildman–Crippen MR) is 49.7 cm³/mol. The van der Waals surface area contributed by atoms with Crippen LogP contribution in [0.4, 0.5) is 0 Å². The summed E-state index contributed by atoms with van der Waals surface area (Å²) in [6.07, 6.45) is 0.337. The highest BCUT2D eigenvalue weighted by atomic mass is 16.5. The minimum Gasteiger partial charge on any atom is -0.388 e. The Morgan fingerprint density at radius 2 is 2.36 bits per heavy atom. The fourth-order valence-electron chi connectivity index (χ4n) is 1.86. The zero-order valence-electron chi connectivity index (χ0n) is 8.03. The van der Waals surface area contributed by atoms with Crippen LogP contribution in [0.2, 0.25) is 0 Å². The first-order chi connectivity index (χ1) is 6.77. The van der Waals surface area contributed by atoms with E-state index in [9.17, 15) is 9.90 Å². The monoisotopic (exact) mass is 200 g/mol. The minimum atomic E-state index is -0.548. The highest BCUT2D eigenvalue weighted by molar-refractivity contribution is 5.79. The molecule has 2 rings (SSSR count). The van der Waals surface area contributed by atoms with Crippen LogP contribution in [0, 0.1) is 5.92 Å². The average Bonchev–Trinajstić information content (AvgIpc) is 2.77. The topological polar surface area (TPSA) is 70.6 Å². The molecule has 0 aromatic rings. The molecule has 0 aliphatic carbocycles. The summed E-state index contributed by atoms with van der Waals surface area (Å²) in [4.78, 5) is 11.6. The lowest BCUT2D eigenvalue weighted by molar-refractivity contribution is -0.125. The van der Waals surface area contributed by atoms with Crippen molar-refractivity contribution in [2.45, 2.75) is 18.6 Å². The van der Waals surface area contributed by atoms with Crippen molar-refractivity contribution in [2.24, 2.45) is 5.92 Å². The van der Waals surface area contributed by atoms with Crippen LogP contribution in [0.15, 0.2) is 0 Å². The standard InChI is InChI=1S/C9H16N2O3/c12-8-5-14-4-7(8)11-9(13)6-1-2-10-3-6/h6-8,10,12H,1-5H2,(H,11,13)/t6-,7+,8+/m0/s1. The van der Waals surface area contributed by atoms with Crippen LogP contribution in [-0.2, 0) is 9.53 Å². The molecule has 1 amide bonds. The van der Waals surface area contributed by atoms with Crippen LogP contribution in [-0.4, -0.2) is 49.5 Å². The molecule has 0 aromatic carbocycles. The molecular weight excluding hydrogens is 184 g/mol. The Bertz CT molecular complexity index is 216. The summed E-state index contributed by atoms with van der Waals surface area (Å²) in [6, 6.07) is -0.219. The largest absolute Gasteiger partial charge is 0.388 e. The van der Waals surface area contributed by atoms with Gasteiger partial charge in [-0.25, -0.2) is 0 Å². The summed E-state index contributed by atoms with van der Waals surface area (Å²) in [5, 5.41) is 15.4. The average molecular weight is 200 g/mol. The lowest BCUT2D eigenvalue weighted by Crippen LogP contribution is -2.45. The van der Waals surface area contributed by atoms with E-state index in [1.54, 1.807) is 0 Å². The van der Waals surface area contributed by atoms with Crippen molar-refractivity contribution in [1.29, 1.82) is 0 Å². The van der Waals surface area contributed by atoms with Gasteiger partial charge in [-0.2, -0.15) is 0 Å². The van der Waals surface area contributed by atoms with Gasteiger partial charge in [-0.15, -0.1) is 0 Å². The van der Waals surface area contributed by atoms with E-state index in [1.165, 1.54) is 0 Å². The number of carbonyl (C=O) groups excluding carboxylic acids is 1. The number of carbonyl (C=O) groups is 1. The van der Waals surface area contributed by atoms with Crippen molar-refractivity contribution in [1.82, 2.24) is 10.6 Å². The smallest absolute Gasteiger partial charge is 0.224 e. The molecule has 3 atom stereocenters. The zero-order chi connectivity index (χ0) is 9.97. The summed E-state index contributed by atoms with van der Waals surface area (Å²) in [5.41, 5.74) is 0. The minimum absolute atomic E-state index is 0.0320. The summed E-state index contributed by atoms with van der Waals surface area (Å²) < 4.78 is 5.05. The number of nitrogens with one attached hydrogen (secondary N) is 2. The van der Waals surface area contributed by atoms with Gasteiger partial charge in [0.1, 0.15) is 0 Å². The fraction of sp³-hybridized carbons (Fsp3) is 0.889.